The molecule has 90 valence electrons. The highest BCUT2D eigenvalue weighted by Crippen LogP contribution is 2.27. The van der Waals surface area contributed by atoms with Gasteiger partial charge in [0, 0.05) is 15.5 Å². The largest absolute Gasteiger partial charge is 0.316 e. The van der Waals surface area contributed by atoms with Crippen LogP contribution < -0.4 is 5.32 Å². The summed E-state index contributed by atoms with van der Waals surface area (Å²) in [5.41, 5.74) is 1.42. The summed E-state index contributed by atoms with van der Waals surface area (Å²) in [4.78, 5) is 0. The Labute approximate surface area is 112 Å². The molecule has 1 nitrogen and oxygen atoms in total. The van der Waals surface area contributed by atoms with Crippen molar-refractivity contribution in [2.24, 2.45) is 5.41 Å². The third-order valence-electron chi connectivity index (χ3n) is 2.83. The maximum absolute atomic E-state index is 6.22. The molecule has 0 bridgehead atoms. The van der Waals surface area contributed by atoms with E-state index >= 15 is 0 Å². The smallest absolute Gasteiger partial charge is 0.0449 e. The number of hydrogen-bond acceptors (Lipinski definition) is 1. The van der Waals surface area contributed by atoms with E-state index < -0.39 is 0 Å². The minimum Gasteiger partial charge on any atom is -0.316 e. The van der Waals surface area contributed by atoms with E-state index in [1.165, 1.54) is 5.56 Å². The van der Waals surface area contributed by atoms with Gasteiger partial charge in [0.1, 0.15) is 0 Å². The standard InChI is InChI=1S/C13H19BrClN/c1-13(2,3)12(16-4)7-9-5-6-10(14)8-11(9)15/h5-6,8,12,16H,7H2,1-4H3. The molecule has 0 aromatic heterocycles. The fourth-order valence-electron chi connectivity index (χ4n) is 1.75. The zero-order chi connectivity index (χ0) is 12.3. The number of likely N-dealkylation sites (N-methyl/N-ethyl adjacent to an activating group) is 1. The van der Waals surface area contributed by atoms with Crippen LogP contribution in [0, 0.1) is 5.41 Å². The third-order valence-corrected chi connectivity index (χ3v) is 3.68. The van der Waals surface area contributed by atoms with E-state index in [4.69, 9.17) is 11.6 Å². The van der Waals surface area contributed by atoms with E-state index in [-0.39, 0.29) is 5.41 Å². The summed E-state index contributed by atoms with van der Waals surface area (Å²) in [6.07, 6.45) is 0.951. The summed E-state index contributed by atoms with van der Waals surface area (Å²) < 4.78 is 1.03. The van der Waals surface area contributed by atoms with Crippen LogP contribution in [0.3, 0.4) is 0 Å². The Morgan fingerprint density at radius 2 is 2.00 bits per heavy atom. The summed E-state index contributed by atoms with van der Waals surface area (Å²) in [6, 6.07) is 6.50. The Balaban J connectivity index is 2.86. The average Bonchev–Trinajstić information content (AvgIpc) is 2.14. The van der Waals surface area contributed by atoms with Crippen LogP contribution in [0.5, 0.6) is 0 Å². The highest BCUT2D eigenvalue weighted by molar-refractivity contribution is 9.10. The maximum atomic E-state index is 6.22. The molecular formula is C13H19BrClN. The summed E-state index contributed by atoms with van der Waals surface area (Å²) in [7, 11) is 2.00. The van der Waals surface area contributed by atoms with Crippen molar-refractivity contribution in [3.63, 3.8) is 0 Å². The summed E-state index contributed by atoms with van der Waals surface area (Å²) in [5.74, 6) is 0. The molecule has 0 fully saturated rings. The van der Waals surface area contributed by atoms with Crippen molar-refractivity contribution in [1.29, 1.82) is 0 Å². The quantitative estimate of drug-likeness (QED) is 0.879. The number of nitrogens with one attached hydrogen (secondary N) is 1. The van der Waals surface area contributed by atoms with Gasteiger partial charge in [-0.25, -0.2) is 0 Å². The molecule has 16 heavy (non-hydrogen) atoms. The van der Waals surface area contributed by atoms with Crippen LogP contribution in [0.25, 0.3) is 0 Å². The SMILES string of the molecule is CNC(Cc1ccc(Br)cc1Cl)C(C)(C)C. The van der Waals surface area contributed by atoms with E-state index in [9.17, 15) is 0 Å². The van der Waals surface area contributed by atoms with Crippen LogP contribution in [0.4, 0.5) is 0 Å². The highest BCUT2D eigenvalue weighted by atomic mass is 79.9. The van der Waals surface area contributed by atoms with Gasteiger partial charge in [-0.05, 0) is 36.6 Å². The van der Waals surface area contributed by atoms with Gasteiger partial charge in [-0.3, -0.25) is 0 Å². The van der Waals surface area contributed by atoms with Crippen LogP contribution in [-0.4, -0.2) is 13.1 Å². The Morgan fingerprint density at radius 1 is 1.38 bits per heavy atom. The van der Waals surface area contributed by atoms with Gasteiger partial charge in [-0.15, -0.1) is 0 Å². The molecule has 1 aromatic carbocycles. The van der Waals surface area contributed by atoms with Crippen molar-refractivity contribution in [3.05, 3.63) is 33.3 Å². The fourth-order valence-corrected chi connectivity index (χ4v) is 2.50. The predicted molar refractivity (Wildman–Crippen MR) is 75.2 cm³/mol. The number of halogens is 2. The second-order valence-corrected chi connectivity index (χ2v) is 6.47. The molecule has 0 spiro atoms. The summed E-state index contributed by atoms with van der Waals surface area (Å²) in [6.45, 7) is 6.71. The van der Waals surface area contributed by atoms with Crippen LogP contribution in [-0.2, 0) is 6.42 Å². The van der Waals surface area contributed by atoms with Gasteiger partial charge >= 0.3 is 0 Å². The van der Waals surface area contributed by atoms with Gasteiger partial charge in [0.2, 0.25) is 0 Å². The van der Waals surface area contributed by atoms with Crippen LogP contribution in [0.2, 0.25) is 5.02 Å². The van der Waals surface area contributed by atoms with Gasteiger partial charge in [0.15, 0.2) is 0 Å². The molecule has 1 atom stereocenters. The molecule has 0 aliphatic carbocycles. The second kappa shape index (κ2) is 5.52. The minimum absolute atomic E-state index is 0.227. The molecule has 0 amide bonds. The lowest BCUT2D eigenvalue weighted by atomic mass is 9.83. The van der Waals surface area contributed by atoms with Gasteiger partial charge in [0.25, 0.3) is 0 Å². The number of hydrogen-bond donors (Lipinski definition) is 1. The average molecular weight is 305 g/mol. The summed E-state index contributed by atoms with van der Waals surface area (Å²) >= 11 is 9.64. The van der Waals surface area contributed by atoms with Crippen molar-refractivity contribution in [2.75, 3.05) is 7.05 Å². The molecule has 3 heteroatoms. The lowest BCUT2D eigenvalue weighted by Crippen LogP contribution is -2.39. The second-order valence-electron chi connectivity index (χ2n) is 5.15. The van der Waals surface area contributed by atoms with Gasteiger partial charge in [-0.1, -0.05) is 54.4 Å². The minimum atomic E-state index is 0.227. The van der Waals surface area contributed by atoms with Gasteiger partial charge in [-0.2, -0.15) is 0 Å². The van der Waals surface area contributed by atoms with Crippen molar-refractivity contribution >= 4 is 27.5 Å². The number of benzene rings is 1. The first-order chi connectivity index (χ1) is 7.34. The van der Waals surface area contributed by atoms with E-state index in [0.29, 0.717) is 6.04 Å². The first kappa shape index (κ1) is 14.0. The zero-order valence-electron chi connectivity index (χ0n) is 10.3. The maximum Gasteiger partial charge on any atom is 0.0449 e. The van der Waals surface area contributed by atoms with Crippen LogP contribution in [0.1, 0.15) is 26.3 Å². The lowest BCUT2D eigenvalue weighted by molar-refractivity contribution is 0.280. The lowest BCUT2D eigenvalue weighted by Gasteiger charge is -2.30. The van der Waals surface area contributed by atoms with Gasteiger partial charge in [0.05, 0.1) is 0 Å². The van der Waals surface area contributed by atoms with Crippen LogP contribution in [0.15, 0.2) is 22.7 Å². The van der Waals surface area contributed by atoms with E-state index in [2.05, 4.69) is 48.1 Å². The summed E-state index contributed by atoms with van der Waals surface area (Å²) in [5, 5.41) is 4.19. The molecule has 1 N–H and O–H groups in total. The molecule has 1 rings (SSSR count). The molecule has 0 aliphatic rings. The van der Waals surface area contributed by atoms with Crippen molar-refractivity contribution in [3.8, 4) is 0 Å². The molecule has 0 saturated carbocycles. The normalized spacial score (nSPS) is 13.9. The topological polar surface area (TPSA) is 12.0 Å². The van der Waals surface area contributed by atoms with E-state index in [0.717, 1.165) is 15.9 Å². The van der Waals surface area contributed by atoms with Crippen molar-refractivity contribution < 1.29 is 0 Å². The van der Waals surface area contributed by atoms with Crippen LogP contribution >= 0.6 is 27.5 Å². The molecule has 0 heterocycles. The monoisotopic (exact) mass is 303 g/mol. The van der Waals surface area contributed by atoms with E-state index in [1.54, 1.807) is 0 Å². The first-order valence-electron chi connectivity index (χ1n) is 5.46. The Morgan fingerprint density at radius 3 is 2.44 bits per heavy atom. The first-order valence-corrected chi connectivity index (χ1v) is 6.63. The predicted octanol–water partition coefficient (Wildman–Crippen LogP) is 4.28. The third kappa shape index (κ3) is 3.76. The van der Waals surface area contributed by atoms with E-state index in [1.807, 2.05) is 19.2 Å². The molecule has 0 radical (unpaired) electrons. The van der Waals surface area contributed by atoms with Gasteiger partial charge < -0.3 is 5.32 Å². The number of rotatable bonds is 3. The Bertz CT molecular complexity index is 357. The highest BCUT2D eigenvalue weighted by Gasteiger charge is 2.23. The molecule has 1 aromatic rings. The Hall–Kier alpha value is -0.0500. The zero-order valence-corrected chi connectivity index (χ0v) is 12.6. The molecule has 1 unspecified atom stereocenters. The Kier molecular flexibility index (Phi) is 4.84. The fraction of sp³-hybridized carbons (Fsp3) is 0.538. The molecule has 0 aliphatic heterocycles. The van der Waals surface area contributed by atoms with Crippen molar-refractivity contribution in [1.82, 2.24) is 5.32 Å². The van der Waals surface area contributed by atoms with Crippen molar-refractivity contribution in [2.45, 2.75) is 33.2 Å². The molecule has 0 saturated heterocycles. The molecular weight excluding hydrogens is 286 g/mol.